The van der Waals surface area contributed by atoms with E-state index >= 15 is 0 Å². The fraction of sp³-hybridized carbons (Fsp3) is 0.429. The highest BCUT2D eigenvalue weighted by atomic mass is 16.4. The molecule has 5 heteroatoms. The Kier molecular flexibility index (Phi) is 2.98. The maximum Gasteiger partial charge on any atom is 0.310 e. The number of carboxylic acid groups (broad SMARTS) is 1. The molecule has 5 nitrogen and oxygen atoms in total. The Hall–Kier alpha value is -1.88. The number of benzene rings is 1. The molecule has 3 rings (SSSR count). The van der Waals surface area contributed by atoms with E-state index in [0.717, 1.165) is 19.5 Å². The van der Waals surface area contributed by atoms with Crippen molar-refractivity contribution in [3.8, 4) is 0 Å². The second kappa shape index (κ2) is 4.66. The van der Waals surface area contributed by atoms with Crippen LogP contribution >= 0.6 is 0 Å². The predicted molar refractivity (Wildman–Crippen MR) is 68.9 cm³/mol. The topological polar surface area (TPSA) is 69.6 Å². The summed E-state index contributed by atoms with van der Waals surface area (Å²) in [5.41, 5.74) is 3.13. The van der Waals surface area contributed by atoms with Gasteiger partial charge in [-0.25, -0.2) is 0 Å². The van der Waals surface area contributed by atoms with Gasteiger partial charge in [0.15, 0.2) is 0 Å². The van der Waals surface area contributed by atoms with Gasteiger partial charge in [0.1, 0.15) is 0 Å². The van der Waals surface area contributed by atoms with Crippen LogP contribution < -0.4 is 5.32 Å². The van der Waals surface area contributed by atoms with Crippen molar-refractivity contribution in [2.75, 3.05) is 19.6 Å². The van der Waals surface area contributed by atoms with Crippen LogP contribution in [0.25, 0.3) is 0 Å². The maximum atomic E-state index is 12.2. The average Bonchev–Trinajstić information content (AvgIpc) is 2.35. The van der Waals surface area contributed by atoms with E-state index in [0.29, 0.717) is 18.7 Å². The number of amides is 1. The zero-order valence-corrected chi connectivity index (χ0v) is 10.6. The molecular weight excluding hydrogens is 244 g/mol. The molecule has 2 aliphatic heterocycles. The molecule has 1 fully saturated rings. The molecule has 1 aromatic carbocycles. The quantitative estimate of drug-likeness (QED) is 0.812. The van der Waals surface area contributed by atoms with Gasteiger partial charge in [-0.3, -0.25) is 9.59 Å². The summed E-state index contributed by atoms with van der Waals surface area (Å²) < 4.78 is 0. The van der Waals surface area contributed by atoms with Crippen molar-refractivity contribution in [3.05, 3.63) is 34.9 Å². The fourth-order valence-corrected chi connectivity index (χ4v) is 2.60. The molecule has 1 aromatic rings. The van der Waals surface area contributed by atoms with Gasteiger partial charge in [0.2, 0.25) is 0 Å². The molecule has 0 saturated carbocycles. The molecule has 2 heterocycles. The van der Waals surface area contributed by atoms with Crippen LogP contribution in [0.1, 0.15) is 21.5 Å². The maximum absolute atomic E-state index is 12.2. The molecule has 100 valence electrons. The zero-order valence-electron chi connectivity index (χ0n) is 10.6. The molecule has 0 aliphatic carbocycles. The number of hydrogen-bond acceptors (Lipinski definition) is 3. The number of fused-ring (bicyclic) bond motifs is 1. The largest absolute Gasteiger partial charge is 0.481 e. The van der Waals surface area contributed by atoms with Crippen LogP contribution in [0, 0.1) is 5.92 Å². The van der Waals surface area contributed by atoms with Crippen molar-refractivity contribution >= 4 is 11.9 Å². The number of nitrogens with zero attached hydrogens (tertiary/aromatic N) is 1. The van der Waals surface area contributed by atoms with Gasteiger partial charge < -0.3 is 15.3 Å². The van der Waals surface area contributed by atoms with Gasteiger partial charge >= 0.3 is 5.97 Å². The normalized spacial score (nSPS) is 18.6. The van der Waals surface area contributed by atoms with Crippen molar-refractivity contribution in [1.29, 1.82) is 0 Å². The van der Waals surface area contributed by atoms with Crippen LogP contribution in [0.3, 0.4) is 0 Å². The van der Waals surface area contributed by atoms with Crippen LogP contribution in [0.5, 0.6) is 0 Å². The van der Waals surface area contributed by atoms with Gasteiger partial charge in [-0.05, 0) is 36.2 Å². The van der Waals surface area contributed by atoms with E-state index in [4.69, 9.17) is 5.11 Å². The number of hydrogen-bond donors (Lipinski definition) is 2. The number of aliphatic carboxylic acids is 1. The molecule has 0 aromatic heterocycles. The van der Waals surface area contributed by atoms with Gasteiger partial charge in [0.05, 0.1) is 5.92 Å². The van der Waals surface area contributed by atoms with Crippen LogP contribution in [0.15, 0.2) is 18.2 Å². The molecule has 0 unspecified atom stereocenters. The lowest BCUT2D eigenvalue weighted by molar-refractivity contribution is -0.146. The molecule has 0 radical (unpaired) electrons. The SMILES string of the molecule is O=C(O)C1CN(C(=O)c2ccc3c(c2)CNCC3)C1. The number of carbonyl (C=O) groups is 2. The Labute approximate surface area is 111 Å². The molecule has 1 amide bonds. The van der Waals surface area contributed by atoms with E-state index in [9.17, 15) is 9.59 Å². The molecule has 19 heavy (non-hydrogen) atoms. The monoisotopic (exact) mass is 260 g/mol. The van der Waals surface area contributed by atoms with Gasteiger partial charge in [-0.15, -0.1) is 0 Å². The van der Waals surface area contributed by atoms with E-state index in [1.807, 2.05) is 18.2 Å². The summed E-state index contributed by atoms with van der Waals surface area (Å²) in [7, 11) is 0. The molecule has 2 N–H and O–H groups in total. The van der Waals surface area contributed by atoms with E-state index < -0.39 is 11.9 Å². The van der Waals surface area contributed by atoms with Crippen LogP contribution in [-0.4, -0.2) is 41.5 Å². The van der Waals surface area contributed by atoms with E-state index in [1.54, 1.807) is 4.90 Å². The number of carbonyl (C=O) groups excluding carboxylic acids is 1. The first-order chi connectivity index (χ1) is 9.15. The summed E-state index contributed by atoms with van der Waals surface area (Å²) in [6.07, 6.45) is 0.995. The molecule has 2 aliphatic rings. The van der Waals surface area contributed by atoms with Crippen LogP contribution in [0.4, 0.5) is 0 Å². The summed E-state index contributed by atoms with van der Waals surface area (Å²) in [6.45, 7) is 2.42. The van der Waals surface area contributed by atoms with Crippen molar-refractivity contribution in [2.45, 2.75) is 13.0 Å². The number of nitrogens with one attached hydrogen (secondary N) is 1. The Bertz CT molecular complexity index is 535. The first kappa shape index (κ1) is 12.2. The Morgan fingerprint density at radius 3 is 2.79 bits per heavy atom. The second-order valence-electron chi connectivity index (χ2n) is 5.16. The van der Waals surface area contributed by atoms with Gasteiger partial charge in [0.25, 0.3) is 5.91 Å². The first-order valence-corrected chi connectivity index (χ1v) is 6.50. The van der Waals surface area contributed by atoms with Crippen molar-refractivity contribution < 1.29 is 14.7 Å². The standard InChI is InChI=1S/C14H16N2O3/c17-13(16-7-12(8-16)14(18)19)10-2-1-9-3-4-15-6-11(9)5-10/h1-2,5,12,15H,3-4,6-8H2,(H,18,19). The summed E-state index contributed by atoms with van der Waals surface area (Å²) in [5, 5.41) is 12.1. The average molecular weight is 260 g/mol. The lowest BCUT2D eigenvalue weighted by atomic mass is 9.95. The van der Waals surface area contributed by atoms with Crippen LogP contribution in [-0.2, 0) is 17.8 Å². The molecule has 0 spiro atoms. The van der Waals surface area contributed by atoms with Crippen molar-refractivity contribution in [1.82, 2.24) is 10.2 Å². The zero-order chi connectivity index (χ0) is 13.4. The summed E-state index contributed by atoms with van der Waals surface area (Å²) in [4.78, 5) is 24.5. The lowest BCUT2D eigenvalue weighted by Crippen LogP contribution is -2.53. The third kappa shape index (κ3) is 2.21. The second-order valence-corrected chi connectivity index (χ2v) is 5.16. The summed E-state index contributed by atoms with van der Waals surface area (Å²) in [6, 6.07) is 5.79. The van der Waals surface area contributed by atoms with E-state index in [2.05, 4.69) is 5.32 Å². The Balaban J connectivity index is 1.72. The minimum absolute atomic E-state index is 0.0640. The van der Waals surface area contributed by atoms with E-state index in [-0.39, 0.29) is 5.91 Å². The summed E-state index contributed by atoms with van der Waals surface area (Å²) in [5.74, 6) is -1.28. The van der Waals surface area contributed by atoms with Gasteiger partial charge in [0, 0.05) is 25.2 Å². The minimum atomic E-state index is -0.821. The molecule has 0 atom stereocenters. The van der Waals surface area contributed by atoms with Gasteiger partial charge in [-0.2, -0.15) is 0 Å². The minimum Gasteiger partial charge on any atom is -0.481 e. The third-order valence-corrected chi connectivity index (χ3v) is 3.86. The molecular formula is C14H16N2O3. The molecule has 1 saturated heterocycles. The Morgan fingerprint density at radius 2 is 2.05 bits per heavy atom. The number of carboxylic acids is 1. The number of rotatable bonds is 2. The predicted octanol–water partition coefficient (Wildman–Crippen LogP) is 0.489. The van der Waals surface area contributed by atoms with Crippen LogP contribution in [0.2, 0.25) is 0 Å². The fourth-order valence-electron chi connectivity index (χ4n) is 2.60. The summed E-state index contributed by atoms with van der Waals surface area (Å²) >= 11 is 0. The van der Waals surface area contributed by atoms with Crippen molar-refractivity contribution in [2.24, 2.45) is 5.92 Å². The lowest BCUT2D eigenvalue weighted by Gasteiger charge is -2.36. The van der Waals surface area contributed by atoms with Crippen molar-refractivity contribution in [3.63, 3.8) is 0 Å². The molecule has 0 bridgehead atoms. The van der Waals surface area contributed by atoms with E-state index in [1.165, 1.54) is 11.1 Å². The van der Waals surface area contributed by atoms with Gasteiger partial charge in [-0.1, -0.05) is 6.07 Å². The highest BCUT2D eigenvalue weighted by Crippen LogP contribution is 2.21. The highest BCUT2D eigenvalue weighted by molar-refractivity contribution is 5.96. The Morgan fingerprint density at radius 1 is 1.26 bits per heavy atom. The third-order valence-electron chi connectivity index (χ3n) is 3.86. The first-order valence-electron chi connectivity index (χ1n) is 6.50. The highest BCUT2D eigenvalue weighted by Gasteiger charge is 2.36. The smallest absolute Gasteiger partial charge is 0.310 e. The number of likely N-dealkylation sites (tertiary alicyclic amines) is 1.